The lowest BCUT2D eigenvalue weighted by molar-refractivity contribution is -0.118. The van der Waals surface area contributed by atoms with Gasteiger partial charge in [-0.3, -0.25) is 14.6 Å². The first-order valence-corrected chi connectivity index (χ1v) is 8.56. The molecule has 0 unspecified atom stereocenters. The number of carbonyl (C=O) groups excluding carboxylic acids is 2. The normalized spacial score (nSPS) is 12.0. The third-order valence-corrected chi connectivity index (χ3v) is 4.13. The van der Waals surface area contributed by atoms with Crippen LogP contribution in [0.5, 0.6) is 0 Å². The monoisotopic (exact) mass is 347 g/mol. The molecule has 2 amide bonds. The van der Waals surface area contributed by atoms with Gasteiger partial charge in [0.25, 0.3) is 5.91 Å². The van der Waals surface area contributed by atoms with Crippen LogP contribution in [0.2, 0.25) is 0 Å². The van der Waals surface area contributed by atoms with Crippen molar-refractivity contribution in [2.24, 2.45) is 5.92 Å². The Balaban J connectivity index is 1.74. The van der Waals surface area contributed by atoms with Crippen molar-refractivity contribution >= 4 is 28.4 Å². The molecule has 5 heteroatoms. The molecule has 132 valence electrons. The molecule has 0 saturated carbocycles. The molecule has 0 aliphatic carbocycles. The highest BCUT2D eigenvalue weighted by molar-refractivity contribution is 6.01. The van der Waals surface area contributed by atoms with Gasteiger partial charge in [0, 0.05) is 10.9 Å². The minimum atomic E-state index is -0.644. The van der Waals surface area contributed by atoms with Gasteiger partial charge in [-0.15, -0.1) is 0 Å². The number of hydrogen-bond donors (Lipinski definition) is 2. The van der Waals surface area contributed by atoms with Crippen molar-refractivity contribution in [1.82, 2.24) is 10.3 Å². The summed E-state index contributed by atoms with van der Waals surface area (Å²) in [5, 5.41) is 6.62. The molecule has 0 aliphatic rings. The molecule has 0 saturated heterocycles. The van der Waals surface area contributed by atoms with Crippen LogP contribution >= 0.6 is 0 Å². The van der Waals surface area contributed by atoms with Gasteiger partial charge >= 0.3 is 0 Å². The Labute approximate surface area is 152 Å². The summed E-state index contributed by atoms with van der Waals surface area (Å²) >= 11 is 0. The second kappa shape index (κ2) is 7.78. The van der Waals surface area contributed by atoms with Gasteiger partial charge in [-0.2, -0.15) is 0 Å². The number of nitrogens with one attached hydrogen (secondary N) is 2. The number of aromatic nitrogens is 1. The fourth-order valence-electron chi connectivity index (χ4n) is 2.71. The molecule has 5 nitrogen and oxygen atoms in total. The van der Waals surface area contributed by atoms with Crippen molar-refractivity contribution in [2.75, 3.05) is 5.32 Å². The molecule has 1 heterocycles. The number of nitrogens with zero attached hydrogens (tertiary/aromatic N) is 1. The molecule has 0 aliphatic heterocycles. The Hall–Kier alpha value is -3.21. The van der Waals surface area contributed by atoms with Crippen LogP contribution in [0.15, 0.2) is 66.9 Å². The van der Waals surface area contributed by atoms with E-state index in [4.69, 9.17) is 0 Å². The number of pyridine rings is 1. The smallest absolute Gasteiger partial charge is 0.251 e. The van der Waals surface area contributed by atoms with Gasteiger partial charge in [0.15, 0.2) is 0 Å². The highest BCUT2D eigenvalue weighted by Gasteiger charge is 2.24. The van der Waals surface area contributed by atoms with Crippen molar-refractivity contribution < 1.29 is 9.59 Å². The molecule has 3 rings (SSSR count). The zero-order valence-corrected chi connectivity index (χ0v) is 14.8. The van der Waals surface area contributed by atoms with Crippen LogP contribution < -0.4 is 10.6 Å². The van der Waals surface area contributed by atoms with Crippen molar-refractivity contribution in [3.63, 3.8) is 0 Å². The lowest BCUT2D eigenvalue weighted by Crippen LogP contribution is -2.47. The maximum absolute atomic E-state index is 12.7. The van der Waals surface area contributed by atoms with E-state index >= 15 is 0 Å². The molecule has 0 spiro atoms. The van der Waals surface area contributed by atoms with Crippen molar-refractivity contribution in [3.05, 3.63) is 72.4 Å². The number of carbonyl (C=O) groups is 2. The van der Waals surface area contributed by atoms with Gasteiger partial charge in [-0.25, -0.2) is 0 Å². The molecule has 1 aromatic heterocycles. The van der Waals surface area contributed by atoms with Gasteiger partial charge in [0.2, 0.25) is 5.91 Å². The van der Waals surface area contributed by atoms with Crippen molar-refractivity contribution in [1.29, 1.82) is 0 Å². The summed E-state index contributed by atoms with van der Waals surface area (Å²) in [6.07, 6.45) is 1.62. The number of para-hydroxylation sites is 1. The van der Waals surface area contributed by atoms with Gasteiger partial charge in [0.1, 0.15) is 6.04 Å². The van der Waals surface area contributed by atoms with Gasteiger partial charge in [0.05, 0.1) is 17.4 Å². The number of benzene rings is 2. The maximum Gasteiger partial charge on any atom is 0.251 e. The summed E-state index contributed by atoms with van der Waals surface area (Å²) in [6.45, 7) is 3.79. The summed E-state index contributed by atoms with van der Waals surface area (Å²) in [5.74, 6) is -0.589. The molecular formula is C21H21N3O2. The molecule has 0 fully saturated rings. The van der Waals surface area contributed by atoms with Gasteiger partial charge in [-0.1, -0.05) is 50.2 Å². The Morgan fingerprint density at radius 3 is 2.38 bits per heavy atom. The second-order valence-corrected chi connectivity index (χ2v) is 6.47. The Morgan fingerprint density at radius 1 is 0.962 bits per heavy atom. The Bertz CT molecular complexity index is 923. The molecule has 1 atom stereocenters. The second-order valence-electron chi connectivity index (χ2n) is 6.47. The predicted octanol–water partition coefficient (Wildman–Crippen LogP) is 3.63. The topological polar surface area (TPSA) is 71.1 Å². The number of anilines is 1. The van der Waals surface area contributed by atoms with E-state index in [-0.39, 0.29) is 17.7 Å². The Morgan fingerprint density at radius 2 is 1.65 bits per heavy atom. The van der Waals surface area contributed by atoms with Gasteiger partial charge < -0.3 is 10.6 Å². The van der Waals surface area contributed by atoms with Crippen LogP contribution in [0.25, 0.3) is 10.9 Å². The van der Waals surface area contributed by atoms with E-state index in [0.29, 0.717) is 11.3 Å². The lowest BCUT2D eigenvalue weighted by atomic mass is 10.0. The third kappa shape index (κ3) is 4.06. The van der Waals surface area contributed by atoms with E-state index in [2.05, 4.69) is 15.6 Å². The number of rotatable bonds is 5. The largest absolute Gasteiger partial charge is 0.340 e. The highest BCUT2D eigenvalue weighted by atomic mass is 16.2. The van der Waals surface area contributed by atoms with Crippen molar-refractivity contribution in [2.45, 2.75) is 19.9 Å². The molecule has 0 bridgehead atoms. The summed E-state index contributed by atoms with van der Waals surface area (Å²) in [4.78, 5) is 29.4. The molecule has 26 heavy (non-hydrogen) atoms. The summed E-state index contributed by atoms with van der Waals surface area (Å²) in [6, 6.07) is 17.8. The van der Waals surface area contributed by atoms with E-state index in [1.807, 2.05) is 50.2 Å². The average Bonchev–Trinajstić information content (AvgIpc) is 2.66. The zero-order valence-electron chi connectivity index (χ0n) is 14.8. The standard InChI is InChI=1S/C21H21N3O2/c1-14(2)19(24-20(25)15-8-4-3-5-9-15)21(26)23-17-12-16-10-6-7-11-18(16)22-13-17/h3-14,19H,1-2H3,(H,23,26)(H,24,25)/t19-/m0/s1. The minimum Gasteiger partial charge on any atom is -0.340 e. The molecular weight excluding hydrogens is 326 g/mol. The number of amides is 2. The molecule has 0 radical (unpaired) electrons. The van der Waals surface area contributed by atoms with E-state index < -0.39 is 6.04 Å². The first-order valence-electron chi connectivity index (χ1n) is 8.56. The van der Waals surface area contributed by atoms with Gasteiger partial charge in [-0.05, 0) is 30.2 Å². The predicted molar refractivity (Wildman–Crippen MR) is 103 cm³/mol. The quantitative estimate of drug-likeness (QED) is 0.740. The van der Waals surface area contributed by atoms with Crippen LogP contribution in [0.3, 0.4) is 0 Å². The summed E-state index contributed by atoms with van der Waals surface area (Å²) in [7, 11) is 0. The third-order valence-electron chi connectivity index (χ3n) is 4.13. The van der Waals surface area contributed by atoms with Crippen LogP contribution in [0, 0.1) is 5.92 Å². The van der Waals surface area contributed by atoms with E-state index in [1.54, 1.807) is 30.5 Å². The average molecular weight is 347 g/mol. The highest BCUT2D eigenvalue weighted by Crippen LogP contribution is 2.17. The number of fused-ring (bicyclic) bond motifs is 1. The molecule has 3 aromatic rings. The fraction of sp³-hybridized carbons (Fsp3) is 0.190. The maximum atomic E-state index is 12.7. The molecule has 2 aromatic carbocycles. The first-order chi connectivity index (χ1) is 12.5. The number of hydrogen-bond acceptors (Lipinski definition) is 3. The molecule has 2 N–H and O–H groups in total. The summed E-state index contributed by atoms with van der Waals surface area (Å²) in [5.41, 5.74) is 2.00. The first kappa shape index (κ1) is 17.6. The van der Waals surface area contributed by atoms with E-state index in [1.165, 1.54) is 0 Å². The Kier molecular flexibility index (Phi) is 5.27. The summed E-state index contributed by atoms with van der Waals surface area (Å²) < 4.78 is 0. The van der Waals surface area contributed by atoms with Crippen LogP contribution in [0.4, 0.5) is 5.69 Å². The fourth-order valence-corrected chi connectivity index (χ4v) is 2.71. The minimum absolute atomic E-state index is 0.0592. The van der Waals surface area contributed by atoms with Crippen molar-refractivity contribution in [3.8, 4) is 0 Å². The zero-order chi connectivity index (χ0) is 18.5. The van der Waals surface area contributed by atoms with Crippen LogP contribution in [-0.2, 0) is 4.79 Å². The SMILES string of the molecule is CC(C)[C@H](NC(=O)c1ccccc1)C(=O)Nc1cnc2ccccc2c1. The van der Waals surface area contributed by atoms with Crippen LogP contribution in [-0.4, -0.2) is 22.8 Å². The van der Waals surface area contributed by atoms with Crippen LogP contribution in [0.1, 0.15) is 24.2 Å². The van der Waals surface area contributed by atoms with E-state index in [0.717, 1.165) is 10.9 Å². The lowest BCUT2D eigenvalue weighted by Gasteiger charge is -2.21. The van der Waals surface area contributed by atoms with E-state index in [9.17, 15) is 9.59 Å².